The van der Waals surface area contributed by atoms with E-state index in [-0.39, 0.29) is 11.4 Å². The Kier molecular flexibility index (Phi) is 3.96. The summed E-state index contributed by atoms with van der Waals surface area (Å²) < 4.78 is 26.0. The van der Waals surface area contributed by atoms with Crippen LogP contribution in [0.4, 0.5) is 0 Å². The normalized spacial score (nSPS) is 24.0. The summed E-state index contributed by atoms with van der Waals surface area (Å²) in [6.45, 7) is 3.11. The van der Waals surface area contributed by atoms with Crippen molar-refractivity contribution < 1.29 is 13.5 Å². The molecule has 0 aromatic heterocycles. The van der Waals surface area contributed by atoms with Crippen molar-refractivity contribution in [2.75, 3.05) is 26.7 Å². The molecule has 1 aliphatic rings. The number of hydrogen-bond acceptors (Lipinski definition) is 4. The highest BCUT2D eigenvalue weighted by molar-refractivity contribution is 7.89. The molecule has 0 saturated carbocycles. The molecular weight excluding hydrogens is 264 g/mol. The zero-order valence-corrected chi connectivity index (χ0v) is 12.1. The lowest BCUT2D eigenvalue weighted by atomic mass is 10.0. The number of aryl methyl sites for hydroxylation is 1. The largest absolute Gasteiger partial charge is 0.387 e. The molecule has 0 radical (unpaired) electrons. The van der Waals surface area contributed by atoms with Gasteiger partial charge in [-0.2, -0.15) is 4.31 Å². The number of aliphatic hydroxyl groups is 1. The van der Waals surface area contributed by atoms with Crippen molar-refractivity contribution in [3.63, 3.8) is 0 Å². The molecule has 0 aliphatic carbocycles. The topological polar surface area (TPSA) is 69.6 Å². The lowest BCUT2D eigenvalue weighted by Crippen LogP contribution is -2.45. The Morgan fingerprint density at radius 1 is 1.47 bits per heavy atom. The SMILES string of the molecule is Cc1cccc(S(=O)(=O)N(C)CC2(O)CCNC2)c1. The summed E-state index contributed by atoms with van der Waals surface area (Å²) in [6.07, 6.45) is 0.570. The maximum Gasteiger partial charge on any atom is 0.242 e. The molecule has 1 atom stereocenters. The number of nitrogens with one attached hydrogen (secondary N) is 1. The average Bonchev–Trinajstić information content (AvgIpc) is 2.75. The molecule has 0 amide bonds. The average molecular weight is 284 g/mol. The van der Waals surface area contributed by atoms with Gasteiger partial charge in [0.05, 0.1) is 10.5 Å². The first kappa shape index (κ1) is 14.5. The first-order chi connectivity index (χ1) is 8.83. The molecular formula is C13H20N2O3S. The van der Waals surface area contributed by atoms with Crippen molar-refractivity contribution in [3.05, 3.63) is 29.8 Å². The van der Waals surface area contributed by atoms with Gasteiger partial charge in [-0.25, -0.2) is 8.42 Å². The van der Waals surface area contributed by atoms with E-state index in [9.17, 15) is 13.5 Å². The minimum absolute atomic E-state index is 0.107. The van der Waals surface area contributed by atoms with E-state index in [1.165, 1.54) is 11.4 Å². The second-order valence-corrected chi connectivity index (χ2v) is 7.27. The lowest BCUT2D eigenvalue weighted by molar-refractivity contribution is 0.0462. The van der Waals surface area contributed by atoms with Crippen molar-refractivity contribution in [1.29, 1.82) is 0 Å². The molecule has 1 heterocycles. The summed E-state index contributed by atoms with van der Waals surface area (Å²) >= 11 is 0. The third-order valence-electron chi connectivity index (χ3n) is 3.44. The fraction of sp³-hybridized carbons (Fsp3) is 0.538. The smallest absolute Gasteiger partial charge is 0.242 e. The second kappa shape index (κ2) is 5.20. The van der Waals surface area contributed by atoms with E-state index in [2.05, 4.69) is 5.32 Å². The van der Waals surface area contributed by atoms with Gasteiger partial charge in [-0.15, -0.1) is 0 Å². The highest BCUT2D eigenvalue weighted by Crippen LogP contribution is 2.21. The standard InChI is InChI=1S/C13H20N2O3S/c1-11-4-3-5-12(8-11)19(17,18)15(2)10-13(16)6-7-14-9-13/h3-5,8,14,16H,6-7,9-10H2,1-2H3. The zero-order chi connectivity index (χ0) is 14.1. The second-order valence-electron chi connectivity index (χ2n) is 5.23. The molecule has 106 valence electrons. The predicted octanol–water partition coefficient (Wildman–Crippen LogP) is 0.340. The number of hydrogen-bond donors (Lipinski definition) is 2. The molecule has 1 unspecified atom stereocenters. The highest BCUT2D eigenvalue weighted by atomic mass is 32.2. The number of benzene rings is 1. The van der Waals surface area contributed by atoms with Gasteiger partial charge in [-0.3, -0.25) is 0 Å². The fourth-order valence-corrected chi connectivity index (χ4v) is 3.68. The van der Waals surface area contributed by atoms with E-state index in [0.29, 0.717) is 13.0 Å². The van der Waals surface area contributed by atoms with Crippen molar-refractivity contribution in [2.24, 2.45) is 0 Å². The number of β-amino-alcohol motifs (C(OH)–C–C–N with tert-alkyl or cyclic N) is 1. The number of likely N-dealkylation sites (N-methyl/N-ethyl adjacent to an activating group) is 1. The van der Waals surface area contributed by atoms with Crippen molar-refractivity contribution in [3.8, 4) is 0 Å². The van der Waals surface area contributed by atoms with Gasteiger partial charge in [0.15, 0.2) is 0 Å². The van der Waals surface area contributed by atoms with Crippen LogP contribution >= 0.6 is 0 Å². The predicted molar refractivity (Wildman–Crippen MR) is 73.4 cm³/mol. The number of sulfonamides is 1. The van der Waals surface area contributed by atoms with Gasteiger partial charge in [0, 0.05) is 20.1 Å². The van der Waals surface area contributed by atoms with E-state index in [4.69, 9.17) is 0 Å². The van der Waals surface area contributed by atoms with E-state index < -0.39 is 15.6 Å². The van der Waals surface area contributed by atoms with Crippen molar-refractivity contribution in [1.82, 2.24) is 9.62 Å². The van der Waals surface area contributed by atoms with Crippen molar-refractivity contribution >= 4 is 10.0 Å². The number of nitrogens with zero attached hydrogens (tertiary/aromatic N) is 1. The number of rotatable bonds is 4. The molecule has 1 aromatic rings. The molecule has 0 bridgehead atoms. The van der Waals surface area contributed by atoms with Gasteiger partial charge in [-0.05, 0) is 37.6 Å². The van der Waals surface area contributed by atoms with Crippen LogP contribution in [0.3, 0.4) is 0 Å². The Morgan fingerprint density at radius 2 is 2.21 bits per heavy atom. The van der Waals surface area contributed by atoms with Crippen LogP contribution in [0, 0.1) is 6.92 Å². The quantitative estimate of drug-likeness (QED) is 0.836. The van der Waals surface area contributed by atoms with Crippen LogP contribution in [0.1, 0.15) is 12.0 Å². The molecule has 0 spiro atoms. The van der Waals surface area contributed by atoms with Gasteiger partial charge in [-0.1, -0.05) is 12.1 Å². The van der Waals surface area contributed by atoms with Crippen LogP contribution in [0.15, 0.2) is 29.2 Å². The highest BCUT2D eigenvalue weighted by Gasteiger charge is 2.35. The molecule has 2 rings (SSSR count). The summed E-state index contributed by atoms with van der Waals surface area (Å²) in [7, 11) is -2.03. The summed E-state index contributed by atoms with van der Waals surface area (Å²) in [4.78, 5) is 0.268. The molecule has 1 aliphatic heterocycles. The van der Waals surface area contributed by atoms with E-state index >= 15 is 0 Å². The molecule has 2 N–H and O–H groups in total. The maximum absolute atomic E-state index is 12.4. The monoisotopic (exact) mass is 284 g/mol. The van der Waals surface area contributed by atoms with Crippen LogP contribution < -0.4 is 5.32 Å². The van der Waals surface area contributed by atoms with Crippen LogP contribution in [0.25, 0.3) is 0 Å². The van der Waals surface area contributed by atoms with Crippen molar-refractivity contribution in [2.45, 2.75) is 23.8 Å². The lowest BCUT2D eigenvalue weighted by Gasteiger charge is -2.27. The van der Waals surface area contributed by atoms with Gasteiger partial charge < -0.3 is 10.4 Å². The zero-order valence-electron chi connectivity index (χ0n) is 11.3. The Bertz CT molecular complexity index is 551. The molecule has 1 aromatic carbocycles. The molecule has 5 nitrogen and oxygen atoms in total. The van der Waals surface area contributed by atoms with Gasteiger partial charge in [0.2, 0.25) is 10.0 Å². The Labute approximate surface area is 114 Å². The molecule has 6 heteroatoms. The molecule has 19 heavy (non-hydrogen) atoms. The molecule has 1 fully saturated rings. The van der Waals surface area contributed by atoms with Crippen LogP contribution in [-0.2, 0) is 10.0 Å². The molecule has 1 saturated heterocycles. The minimum atomic E-state index is -3.54. The minimum Gasteiger partial charge on any atom is -0.387 e. The Morgan fingerprint density at radius 3 is 2.79 bits per heavy atom. The van der Waals surface area contributed by atoms with Gasteiger partial charge in [0.25, 0.3) is 0 Å². The first-order valence-corrected chi connectivity index (χ1v) is 7.74. The van der Waals surface area contributed by atoms with Crippen LogP contribution in [0.5, 0.6) is 0 Å². The summed E-state index contributed by atoms with van der Waals surface area (Å²) in [5, 5.41) is 13.3. The Balaban J connectivity index is 2.19. The van der Waals surface area contributed by atoms with E-state index in [1.54, 1.807) is 18.2 Å². The summed E-state index contributed by atoms with van der Waals surface area (Å²) in [5.41, 5.74) is -0.0678. The first-order valence-electron chi connectivity index (χ1n) is 6.30. The van der Waals surface area contributed by atoms with Crippen LogP contribution in [-0.4, -0.2) is 50.1 Å². The van der Waals surface area contributed by atoms with E-state index in [1.807, 2.05) is 13.0 Å². The third kappa shape index (κ3) is 3.14. The summed E-state index contributed by atoms with van der Waals surface area (Å²) in [6, 6.07) is 6.80. The van der Waals surface area contributed by atoms with Gasteiger partial charge >= 0.3 is 0 Å². The Hall–Kier alpha value is -0.950. The summed E-state index contributed by atoms with van der Waals surface area (Å²) in [5.74, 6) is 0. The van der Waals surface area contributed by atoms with Crippen LogP contribution in [0.2, 0.25) is 0 Å². The van der Waals surface area contributed by atoms with Gasteiger partial charge in [0.1, 0.15) is 0 Å². The maximum atomic E-state index is 12.4. The third-order valence-corrected chi connectivity index (χ3v) is 5.24. The van der Waals surface area contributed by atoms with E-state index in [0.717, 1.165) is 12.1 Å². The fourth-order valence-electron chi connectivity index (χ4n) is 2.32.